The molecule has 104 valence electrons. The summed E-state index contributed by atoms with van der Waals surface area (Å²) in [5.74, 6) is 0.676. The molecule has 0 aromatic heterocycles. The Morgan fingerprint density at radius 1 is 1.05 bits per heavy atom. The summed E-state index contributed by atoms with van der Waals surface area (Å²) in [7, 11) is 3.00. The number of ether oxygens (including phenoxy) is 2. The summed E-state index contributed by atoms with van der Waals surface area (Å²) < 4.78 is 11.3. The second-order valence-corrected chi connectivity index (χ2v) is 5.51. The minimum absolute atomic E-state index is 0.128. The number of carbonyl (C=O) groups excluding carboxylic acids is 1. The van der Waals surface area contributed by atoms with Crippen LogP contribution in [0.25, 0.3) is 0 Å². The van der Waals surface area contributed by atoms with Crippen molar-refractivity contribution in [1.29, 1.82) is 0 Å². The van der Waals surface area contributed by atoms with Crippen LogP contribution in [0.4, 0.5) is 0 Å². The molecule has 0 heterocycles. The number of halogens is 2. The minimum Gasteiger partial charge on any atom is -0.495 e. The van der Waals surface area contributed by atoms with Gasteiger partial charge in [-0.2, -0.15) is 0 Å². The molecule has 0 unspecified atom stereocenters. The van der Waals surface area contributed by atoms with Crippen molar-refractivity contribution in [3.8, 4) is 11.5 Å². The average Bonchev–Trinajstić information content (AvgIpc) is 2.46. The van der Waals surface area contributed by atoms with Crippen molar-refractivity contribution in [3.05, 3.63) is 56.1 Å². The van der Waals surface area contributed by atoms with E-state index < -0.39 is 0 Å². The van der Waals surface area contributed by atoms with E-state index in [-0.39, 0.29) is 5.78 Å². The van der Waals surface area contributed by atoms with Crippen molar-refractivity contribution in [1.82, 2.24) is 0 Å². The van der Waals surface area contributed by atoms with Crippen LogP contribution in [0.15, 0.2) is 36.4 Å². The number of methoxy groups -OCH3 is 2. The Morgan fingerprint density at radius 2 is 1.75 bits per heavy atom. The van der Waals surface area contributed by atoms with E-state index in [1.54, 1.807) is 18.2 Å². The molecular weight excluding hydrogens is 391 g/mol. The van der Waals surface area contributed by atoms with Crippen LogP contribution in [0.5, 0.6) is 11.5 Å². The van der Waals surface area contributed by atoms with Crippen LogP contribution in [-0.4, -0.2) is 20.0 Å². The third kappa shape index (κ3) is 2.76. The van der Waals surface area contributed by atoms with Gasteiger partial charge in [-0.1, -0.05) is 23.7 Å². The Balaban J connectivity index is 2.56. The summed E-state index contributed by atoms with van der Waals surface area (Å²) in [6, 6.07) is 10.7. The van der Waals surface area contributed by atoms with Gasteiger partial charge >= 0.3 is 0 Å². The third-order valence-corrected chi connectivity index (χ3v) is 4.15. The average molecular weight is 403 g/mol. The highest BCUT2D eigenvalue weighted by Crippen LogP contribution is 2.38. The van der Waals surface area contributed by atoms with E-state index >= 15 is 0 Å². The van der Waals surface area contributed by atoms with Gasteiger partial charge in [0.15, 0.2) is 11.5 Å². The van der Waals surface area contributed by atoms with E-state index in [9.17, 15) is 4.79 Å². The first-order valence-electron chi connectivity index (χ1n) is 5.79. The molecule has 0 N–H and O–H groups in total. The van der Waals surface area contributed by atoms with Crippen LogP contribution in [0.2, 0.25) is 5.02 Å². The molecule has 20 heavy (non-hydrogen) atoms. The maximum Gasteiger partial charge on any atom is 0.197 e. The van der Waals surface area contributed by atoms with Crippen molar-refractivity contribution < 1.29 is 14.3 Å². The van der Waals surface area contributed by atoms with Gasteiger partial charge in [-0.15, -0.1) is 0 Å². The van der Waals surface area contributed by atoms with E-state index in [1.807, 2.05) is 18.2 Å². The molecule has 0 fully saturated rings. The van der Waals surface area contributed by atoms with Gasteiger partial charge in [0.05, 0.1) is 19.8 Å². The summed E-state index contributed by atoms with van der Waals surface area (Å²) in [6.07, 6.45) is 0. The largest absolute Gasteiger partial charge is 0.495 e. The van der Waals surface area contributed by atoms with Gasteiger partial charge in [0.2, 0.25) is 0 Å². The Hall–Kier alpha value is -1.27. The van der Waals surface area contributed by atoms with Crippen molar-refractivity contribution in [2.24, 2.45) is 0 Å². The summed E-state index contributed by atoms with van der Waals surface area (Å²) in [6.45, 7) is 0. The first kappa shape index (κ1) is 15.1. The van der Waals surface area contributed by atoms with Gasteiger partial charge in [-0.3, -0.25) is 4.79 Å². The highest BCUT2D eigenvalue weighted by atomic mass is 127. The van der Waals surface area contributed by atoms with E-state index in [4.69, 9.17) is 21.1 Å². The maximum absolute atomic E-state index is 12.6. The van der Waals surface area contributed by atoms with E-state index in [0.717, 1.165) is 3.57 Å². The van der Waals surface area contributed by atoms with Crippen LogP contribution in [0.1, 0.15) is 15.9 Å². The molecule has 2 aromatic rings. The lowest BCUT2D eigenvalue weighted by Gasteiger charge is -2.13. The normalized spacial score (nSPS) is 10.2. The number of carbonyl (C=O) groups is 1. The monoisotopic (exact) mass is 402 g/mol. The highest BCUT2D eigenvalue weighted by molar-refractivity contribution is 14.1. The van der Waals surface area contributed by atoms with Crippen molar-refractivity contribution in [2.75, 3.05) is 14.2 Å². The van der Waals surface area contributed by atoms with E-state index in [0.29, 0.717) is 27.6 Å². The second-order valence-electron chi connectivity index (χ2n) is 3.97. The van der Waals surface area contributed by atoms with Gasteiger partial charge in [0, 0.05) is 9.13 Å². The molecule has 3 nitrogen and oxygen atoms in total. The smallest absolute Gasteiger partial charge is 0.197 e. The Morgan fingerprint density at radius 3 is 2.35 bits per heavy atom. The Kier molecular flexibility index (Phi) is 4.88. The number of benzene rings is 2. The SMILES string of the molecule is COc1ccc(C(=O)c2ccccc2I)c(OC)c1Cl. The molecule has 2 rings (SSSR count). The van der Waals surface area contributed by atoms with Crippen molar-refractivity contribution in [2.45, 2.75) is 0 Å². The fraction of sp³-hybridized carbons (Fsp3) is 0.133. The molecule has 0 radical (unpaired) electrons. The van der Waals surface area contributed by atoms with Gasteiger partial charge in [-0.05, 0) is 46.9 Å². The number of rotatable bonds is 4. The topological polar surface area (TPSA) is 35.5 Å². The van der Waals surface area contributed by atoms with E-state index in [1.165, 1.54) is 14.2 Å². The first-order valence-corrected chi connectivity index (χ1v) is 7.25. The Labute approximate surface area is 136 Å². The molecular formula is C15H12ClIO3. The maximum atomic E-state index is 12.6. The predicted molar refractivity (Wildman–Crippen MR) is 87.1 cm³/mol. The molecule has 0 aliphatic carbocycles. The predicted octanol–water partition coefficient (Wildman–Crippen LogP) is 4.19. The fourth-order valence-corrected chi connectivity index (χ4v) is 2.82. The lowest BCUT2D eigenvalue weighted by atomic mass is 10.0. The summed E-state index contributed by atoms with van der Waals surface area (Å²) in [4.78, 5) is 12.6. The fourth-order valence-electron chi connectivity index (χ4n) is 1.86. The molecule has 0 saturated carbocycles. The molecule has 0 bridgehead atoms. The van der Waals surface area contributed by atoms with Crippen molar-refractivity contribution >= 4 is 40.0 Å². The molecule has 0 spiro atoms. The molecule has 0 aliphatic heterocycles. The van der Waals surface area contributed by atoms with E-state index in [2.05, 4.69) is 22.6 Å². The van der Waals surface area contributed by atoms with Crippen LogP contribution < -0.4 is 9.47 Å². The zero-order chi connectivity index (χ0) is 14.7. The molecule has 0 saturated heterocycles. The Bertz CT molecular complexity index is 656. The van der Waals surface area contributed by atoms with Gasteiger partial charge in [-0.25, -0.2) is 0 Å². The number of hydrogen-bond acceptors (Lipinski definition) is 3. The highest BCUT2D eigenvalue weighted by Gasteiger charge is 2.21. The summed E-state index contributed by atoms with van der Waals surface area (Å²) >= 11 is 8.31. The number of hydrogen-bond donors (Lipinski definition) is 0. The van der Waals surface area contributed by atoms with Gasteiger partial charge in [0.25, 0.3) is 0 Å². The summed E-state index contributed by atoms with van der Waals surface area (Å²) in [5.41, 5.74) is 1.04. The second kappa shape index (κ2) is 6.45. The molecule has 0 atom stereocenters. The zero-order valence-electron chi connectivity index (χ0n) is 10.9. The molecule has 2 aromatic carbocycles. The van der Waals surface area contributed by atoms with Crippen LogP contribution in [0, 0.1) is 3.57 Å². The quantitative estimate of drug-likeness (QED) is 0.568. The van der Waals surface area contributed by atoms with Gasteiger partial charge < -0.3 is 9.47 Å². The van der Waals surface area contributed by atoms with Crippen molar-refractivity contribution in [3.63, 3.8) is 0 Å². The van der Waals surface area contributed by atoms with Crippen LogP contribution in [-0.2, 0) is 0 Å². The first-order chi connectivity index (χ1) is 9.60. The summed E-state index contributed by atoms with van der Waals surface area (Å²) in [5, 5.41) is 0.298. The molecule has 0 aliphatic rings. The standard InChI is InChI=1S/C15H12ClIO3/c1-19-12-8-7-10(15(20-2)13(12)16)14(18)9-5-3-4-6-11(9)17/h3-8H,1-2H3. The molecule has 5 heteroatoms. The van der Waals surface area contributed by atoms with Crippen LogP contribution in [0.3, 0.4) is 0 Å². The lowest BCUT2D eigenvalue weighted by molar-refractivity contribution is 0.103. The third-order valence-electron chi connectivity index (χ3n) is 2.85. The molecule has 0 amide bonds. The van der Waals surface area contributed by atoms with Crippen LogP contribution >= 0.6 is 34.2 Å². The lowest BCUT2D eigenvalue weighted by Crippen LogP contribution is -2.06. The minimum atomic E-state index is -0.128. The number of ketones is 1. The zero-order valence-corrected chi connectivity index (χ0v) is 13.9. The van der Waals surface area contributed by atoms with Gasteiger partial charge in [0.1, 0.15) is 10.8 Å².